The summed E-state index contributed by atoms with van der Waals surface area (Å²) >= 11 is 0. The standard InChI is InChI=1S/C7H14O2.2CH4/c1-2-3-4-5-6-7(8)9;;/h2-6H2,1H3,(H,8,9);2*1H4. The Labute approximate surface area is 70.6 Å². The third kappa shape index (κ3) is 17.7. The van der Waals surface area contributed by atoms with Crippen LogP contribution < -0.4 is 0 Å². The Bertz CT molecular complexity index is 79.6. The molecule has 0 atom stereocenters. The van der Waals surface area contributed by atoms with Crippen LogP contribution in [-0.4, -0.2) is 11.1 Å². The SMILES string of the molecule is C.C.CCCCCCC(=O)O. The molecule has 0 heterocycles. The molecule has 0 radical (unpaired) electrons. The molecule has 2 nitrogen and oxygen atoms in total. The van der Waals surface area contributed by atoms with Gasteiger partial charge in [0.25, 0.3) is 0 Å². The normalized spacial score (nSPS) is 7.73. The van der Waals surface area contributed by atoms with Gasteiger partial charge in [-0.05, 0) is 6.42 Å². The van der Waals surface area contributed by atoms with Gasteiger partial charge in [0.15, 0.2) is 0 Å². The average molecular weight is 162 g/mol. The third-order valence-electron chi connectivity index (χ3n) is 1.24. The summed E-state index contributed by atoms with van der Waals surface area (Å²) < 4.78 is 0. The second-order valence-corrected chi connectivity index (χ2v) is 2.20. The maximum Gasteiger partial charge on any atom is 0.303 e. The fourth-order valence-corrected chi connectivity index (χ4v) is 0.703. The molecule has 70 valence electrons. The van der Waals surface area contributed by atoms with Gasteiger partial charge in [-0.15, -0.1) is 0 Å². The summed E-state index contributed by atoms with van der Waals surface area (Å²) in [4.78, 5) is 9.96. The van der Waals surface area contributed by atoms with Gasteiger partial charge in [0.2, 0.25) is 0 Å². The summed E-state index contributed by atoms with van der Waals surface area (Å²) in [5, 5.41) is 8.21. The van der Waals surface area contributed by atoms with Gasteiger partial charge < -0.3 is 5.11 Å². The van der Waals surface area contributed by atoms with Crippen molar-refractivity contribution in [2.75, 3.05) is 0 Å². The molecule has 0 unspecified atom stereocenters. The van der Waals surface area contributed by atoms with Gasteiger partial charge >= 0.3 is 5.97 Å². The van der Waals surface area contributed by atoms with Crippen LogP contribution in [0, 0.1) is 0 Å². The predicted octanol–water partition coefficient (Wildman–Crippen LogP) is 3.31. The molecule has 0 aliphatic carbocycles. The van der Waals surface area contributed by atoms with Crippen molar-refractivity contribution >= 4 is 5.97 Å². The topological polar surface area (TPSA) is 37.3 Å². The number of aliphatic carboxylic acids is 1. The van der Waals surface area contributed by atoms with Crippen molar-refractivity contribution in [2.24, 2.45) is 0 Å². The molecule has 0 rings (SSSR count). The van der Waals surface area contributed by atoms with Crippen LogP contribution in [0.5, 0.6) is 0 Å². The molecule has 0 amide bonds. The number of rotatable bonds is 5. The Morgan fingerprint density at radius 2 is 1.73 bits per heavy atom. The van der Waals surface area contributed by atoms with E-state index in [1.807, 2.05) is 0 Å². The molecule has 1 N–H and O–H groups in total. The first-order valence-corrected chi connectivity index (χ1v) is 3.49. The molecule has 0 aliphatic rings. The van der Waals surface area contributed by atoms with Gasteiger partial charge in [0.1, 0.15) is 0 Å². The lowest BCUT2D eigenvalue weighted by atomic mass is 10.2. The van der Waals surface area contributed by atoms with Crippen molar-refractivity contribution < 1.29 is 9.90 Å². The van der Waals surface area contributed by atoms with Crippen LogP contribution >= 0.6 is 0 Å². The quantitative estimate of drug-likeness (QED) is 0.630. The number of carbonyl (C=O) groups is 1. The van der Waals surface area contributed by atoms with Gasteiger partial charge in [-0.25, -0.2) is 0 Å². The van der Waals surface area contributed by atoms with Crippen LogP contribution in [0.3, 0.4) is 0 Å². The summed E-state index contributed by atoms with van der Waals surface area (Å²) in [7, 11) is 0. The molecular formula is C9H22O2. The zero-order chi connectivity index (χ0) is 7.11. The smallest absolute Gasteiger partial charge is 0.303 e. The van der Waals surface area contributed by atoms with Gasteiger partial charge in [-0.1, -0.05) is 41.0 Å². The maximum absolute atomic E-state index is 9.96. The fourth-order valence-electron chi connectivity index (χ4n) is 0.703. The second kappa shape index (κ2) is 12.2. The largest absolute Gasteiger partial charge is 0.481 e. The van der Waals surface area contributed by atoms with E-state index >= 15 is 0 Å². The first-order valence-electron chi connectivity index (χ1n) is 3.49. The highest BCUT2D eigenvalue weighted by Gasteiger charge is 1.93. The minimum atomic E-state index is -0.675. The van der Waals surface area contributed by atoms with Crippen molar-refractivity contribution in [3.8, 4) is 0 Å². The minimum absolute atomic E-state index is 0. The minimum Gasteiger partial charge on any atom is -0.481 e. The molecule has 0 spiro atoms. The lowest BCUT2D eigenvalue weighted by Gasteiger charge is -1.92. The van der Waals surface area contributed by atoms with Crippen LogP contribution in [-0.2, 0) is 4.79 Å². The summed E-state index contributed by atoms with van der Waals surface area (Å²) in [6, 6.07) is 0. The van der Waals surface area contributed by atoms with Crippen molar-refractivity contribution in [1.29, 1.82) is 0 Å². The Balaban J connectivity index is -0.000000320. The highest BCUT2D eigenvalue weighted by Crippen LogP contribution is 2.01. The maximum atomic E-state index is 9.96. The number of unbranched alkanes of at least 4 members (excludes halogenated alkanes) is 3. The number of hydrogen-bond acceptors (Lipinski definition) is 1. The number of hydrogen-bond donors (Lipinski definition) is 1. The number of carboxylic acids is 1. The summed E-state index contributed by atoms with van der Waals surface area (Å²) in [5.74, 6) is -0.675. The van der Waals surface area contributed by atoms with Crippen LogP contribution in [0.1, 0.15) is 53.9 Å². The van der Waals surface area contributed by atoms with E-state index in [0.29, 0.717) is 6.42 Å². The Morgan fingerprint density at radius 3 is 2.09 bits per heavy atom. The van der Waals surface area contributed by atoms with Gasteiger partial charge in [-0.2, -0.15) is 0 Å². The van der Waals surface area contributed by atoms with Crippen LogP contribution in [0.4, 0.5) is 0 Å². The van der Waals surface area contributed by atoms with E-state index < -0.39 is 5.97 Å². The molecule has 0 saturated heterocycles. The Kier molecular flexibility index (Phi) is 18.6. The van der Waals surface area contributed by atoms with E-state index in [1.165, 1.54) is 6.42 Å². The molecule has 0 aromatic heterocycles. The van der Waals surface area contributed by atoms with E-state index in [0.717, 1.165) is 19.3 Å². The van der Waals surface area contributed by atoms with Crippen LogP contribution in [0.15, 0.2) is 0 Å². The summed E-state index contributed by atoms with van der Waals surface area (Å²) in [6.07, 6.45) is 4.55. The van der Waals surface area contributed by atoms with E-state index in [-0.39, 0.29) is 14.9 Å². The van der Waals surface area contributed by atoms with Crippen molar-refractivity contribution in [1.82, 2.24) is 0 Å². The molecule has 11 heavy (non-hydrogen) atoms. The second-order valence-electron chi connectivity index (χ2n) is 2.20. The molecule has 0 aliphatic heterocycles. The van der Waals surface area contributed by atoms with Crippen molar-refractivity contribution in [3.05, 3.63) is 0 Å². The lowest BCUT2D eigenvalue weighted by Crippen LogP contribution is -1.92. The highest BCUT2D eigenvalue weighted by atomic mass is 16.4. The first kappa shape index (κ1) is 16.8. The lowest BCUT2D eigenvalue weighted by molar-refractivity contribution is -0.137. The number of carboxylic acid groups (broad SMARTS) is 1. The molecule has 0 fully saturated rings. The first-order chi connectivity index (χ1) is 4.27. The third-order valence-corrected chi connectivity index (χ3v) is 1.24. The predicted molar refractivity (Wildman–Crippen MR) is 49.9 cm³/mol. The Morgan fingerprint density at radius 1 is 1.18 bits per heavy atom. The monoisotopic (exact) mass is 162 g/mol. The molecule has 0 aromatic carbocycles. The van der Waals surface area contributed by atoms with Crippen molar-refractivity contribution in [2.45, 2.75) is 53.9 Å². The van der Waals surface area contributed by atoms with Gasteiger partial charge in [0, 0.05) is 6.42 Å². The summed E-state index contributed by atoms with van der Waals surface area (Å²) in [5.41, 5.74) is 0. The zero-order valence-corrected chi connectivity index (χ0v) is 5.89. The van der Waals surface area contributed by atoms with E-state index in [1.54, 1.807) is 0 Å². The molecule has 2 heteroatoms. The zero-order valence-electron chi connectivity index (χ0n) is 5.89. The van der Waals surface area contributed by atoms with E-state index in [9.17, 15) is 4.79 Å². The van der Waals surface area contributed by atoms with E-state index in [4.69, 9.17) is 5.11 Å². The van der Waals surface area contributed by atoms with Crippen molar-refractivity contribution in [3.63, 3.8) is 0 Å². The van der Waals surface area contributed by atoms with Crippen LogP contribution in [0.25, 0.3) is 0 Å². The van der Waals surface area contributed by atoms with Gasteiger partial charge in [0.05, 0.1) is 0 Å². The van der Waals surface area contributed by atoms with Crippen LogP contribution in [0.2, 0.25) is 0 Å². The fraction of sp³-hybridized carbons (Fsp3) is 0.889. The molecule has 0 bridgehead atoms. The summed E-state index contributed by atoms with van der Waals surface area (Å²) in [6.45, 7) is 2.11. The van der Waals surface area contributed by atoms with E-state index in [2.05, 4.69) is 6.92 Å². The molecular weight excluding hydrogens is 140 g/mol. The van der Waals surface area contributed by atoms with Gasteiger partial charge in [-0.3, -0.25) is 4.79 Å². The Hall–Kier alpha value is -0.530. The average Bonchev–Trinajstić information content (AvgIpc) is 1.80. The molecule has 0 saturated carbocycles. The molecule has 0 aromatic rings. The highest BCUT2D eigenvalue weighted by molar-refractivity contribution is 5.66.